The second kappa shape index (κ2) is 6.70. The van der Waals surface area contributed by atoms with Gasteiger partial charge in [0, 0.05) is 15.8 Å². The van der Waals surface area contributed by atoms with Gasteiger partial charge in [-0.25, -0.2) is 4.39 Å². The fourth-order valence-corrected chi connectivity index (χ4v) is 3.31. The lowest BCUT2D eigenvalue weighted by Crippen LogP contribution is -2.31. The van der Waals surface area contributed by atoms with Gasteiger partial charge < -0.3 is 10.5 Å². The van der Waals surface area contributed by atoms with Crippen molar-refractivity contribution in [1.29, 1.82) is 0 Å². The third-order valence-electron chi connectivity index (χ3n) is 3.05. The Hall–Kier alpha value is -0.910. The molecule has 0 aliphatic rings. The molecule has 0 fully saturated rings. The van der Waals surface area contributed by atoms with Crippen LogP contribution in [0.4, 0.5) is 4.39 Å². The highest BCUT2D eigenvalue weighted by molar-refractivity contribution is 9.10. The molecule has 0 bridgehead atoms. The van der Waals surface area contributed by atoms with Crippen molar-refractivity contribution in [3.63, 3.8) is 0 Å². The van der Waals surface area contributed by atoms with Crippen molar-refractivity contribution < 1.29 is 9.13 Å². The van der Waals surface area contributed by atoms with Crippen LogP contribution in [0.2, 0.25) is 0 Å². The van der Waals surface area contributed by atoms with Crippen molar-refractivity contribution in [2.24, 2.45) is 5.73 Å². The molecule has 0 saturated heterocycles. The lowest BCUT2D eigenvalue weighted by atomic mass is 10.1. The molecular formula is C15H17BrFNOS. The van der Waals surface area contributed by atoms with Crippen LogP contribution in [0.1, 0.15) is 29.2 Å². The standard InChI is InChI=1S/C15H17BrFNOS/c1-3-12(18)15(14-7-4-9(2)20-14)19-13-6-5-10(17)8-11(13)16/h4-8,12,15H,3,18H2,1-2H3. The summed E-state index contributed by atoms with van der Waals surface area (Å²) >= 11 is 5.00. The molecule has 2 aromatic rings. The maximum atomic E-state index is 13.1. The third-order valence-corrected chi connectivity index (χ3v) is 4.73. The monoisotopic (exact) mass is 357 g/mol. The van der Waals surface area contributed by atoms with E-state index in [-0.39, 0.29) is 18.0 Å². The maximum Gasteiger partial charge on any atom is 0.148 e. The average Bonchev–Trinajstić information content (AvgIpc) is 2.83. The quantitative estimate of drug-likeness (QED) is 0.832. The number of halogens is 2. The number of hydrogen-bond donors (Lipinski definition) is 1. The Labute approximate surface area is 130 Å². The van der Waals surface area contributed by atoms with E-state index in [0.29, 0.717) is 10.2 Å². The zero-order valence-electron chi connectivity index (χ0n) is 11.4. The van der Waals surface area contributed by atoms with Crippen LogP contribution in [0.5, 0.6) is 5.75 Å². The average molecular weight is 358 g/mol. The summed E-state index contributed by atoms with van der Waals surface area (Å²) in [6.45, 7) is 4.08. The summed E-state index contributed by atoms with van der Waals surface area (Å²) in [4.78, 5) is 2.31. The molecule has 108 valence electrons. The molecule has 0 saturated carbocycles. The zero-order valence-corrected chi connectivity index (χ0v) is 13.8. The predicted octanol–water partition coefficient (Wildman–Crippen LogP) is 4.82. The Morgan fingerprint density at radius 1 is 1.35 bits per heavy atom. The van der Waals surface area contributed by atoms with Gasteiger partial charge in [-0.2, -0.15) is 0 Å². The molecule has 5 heteroatoms. The molecule has 0 amide bonds. The summed E-state index contributed by atoms with van der Waals surface area (Å²) in [6, 6.07) is 8.38. The van der Waals surface area contributed by atoms with Crippen molar-refractivity contribution in [3.05, 3.63) is 50.4 Å². The van der Waals surface area contributed by atoms with Crippen molar-refractivity contribution in [2.45, 2.75) is 32.4 Å². The van der Waals surface area contributed by atoms with Crippen molar-refractivity contribution in [3.8, 4) is 5.75 Å². The molecule has 1 aromatic heterocycles. The van der Waals surface area contributed by atoms with Crippen molar-refractivity contribution in [2.75, 3.05) is 0 Å². The summed E-state index contributed by atoms with van der Waals surface area (Å²) in [5.74, 6) is 0.305. The van der Waals surface area contributed by atoms with Gasteiger partial charge in [0.2, 0.25) is 0 Å². The number of benzene rings is 1. The molecule has 0 aliphatic carbocycles. The van der Waals surface area contributed by atoms with Crippen LogP contribution in [-0.4, -0.2) is 6.04 Å². The van der Waals surface area contributed by atoms with Gasteiger partial charge in [0.05, 0.1) is 4.47 Å². The summed E-state index contributed by atoms with van der Waals surface area (Å²) in [5.41, 5.74) is 6.18. The number of thiophene rings is 1. The summed E-state index contributed by atoms with van der Waals surface area (Å²) in [5, 5.41) is 0. The van der Waals surface area contributed by atoms with E-state index >= 15 is 0 Å². The second-order valence-electron chi connectivity index (χ2n) is 4.63. The Balaban J connectivity index is 2.28. The first-order valence-corrected chi connectivity index (χ1v) is 8.05. The molecule has 20 heavy (non-hydrogen) atoms. The summed E-state index contributed by atoms with van der Waals surface area (Å²) in [7, 11) is 0. The molecule has 2 nitrogen and oxygen atoms in total. The van der Waals surface area contributed by atoms with E-state index < -0.39 is 0 Å². The fraction of sp³-hybridized carbons (Fsp3) is 0.333. The van der Waals surface area contributed by atoms with E-state index in [4.69, 9.17) is 10.5 Å². The van der Waals surface area contributed by atoms with Crippen LogP contribution in [0.15, 0.2) is 34.8 Å². The molecule has 1 aromatic carbocycles. The molecular weight excluding hydrogens is 341 g/mol. The Morgan fingerprint density at radius 2 is 2.10 bits per heavy atom. The van der Waals surface area contributed by atoms with Crippen LogP contribution < -0.4 is 10.5 Å². The molecule has 0 radical (unpaired) electrons. The largest absolute Gasteiger partial charge is 0.482 e. The van der Waals surface area contributed by atoms with Gasteiger partial charge in [-0.1, -0.05) is 6.92 Å². The van der Waals surface area contributed by atoms with Crippen LogP contribution >= 0.6 is 27.3 Å². The second-order valence-corrected chi connectivity index (χ2v) is 6.81. The molecule has 0 aliphatic heterocycles. The minimum Gasteiger partial charge on any atom is -0.482 e. The lowest BCUT2D eigenvalue weighted by molar-refractivity contribution is 0.173. The van der Waals surface area contributed by atoms with E-state index in [0.717, 1.165) is 11.3 Å². The fourth-order valence-electron chi connectivity index (χ4n) is 1.88. The number of nitrogens with two attached hydrogens (primary N) is 1. The van der Waals surface area contributed by atoms with E-state index in [9.17, 15) is 4.39 Å². The normalized spacial score (nSPS) is 14.1. The first-order valence-electron chi connectivity index (χ1n) is 6.45. The smallest absolute Gasteiger partial charge is 0.148 e. The van der Waals surface area contributed by atoms with E-state index in [1.807, 2.05) is 13.0 Å². The first-order chi connectivity index (χ1) is 9.51. The summed E-state index contributed by atoms with van der Waals surface area (Å²) in [6.07, 6.45) is 0.584. The molecule has 2 N–H and O–H groups in total. The van der Waals surface area contributed by atoms with Crippen LogP contribution in [0, 0.1) is 12.7 Å². The van der Waals surface area contributed by atoms with Gasteiger partial charge in [-0.05, 0) is 59.6 Å². The highest BCUT2D eigenvalue weighted by Crippen LogP contribution is 2.34. The minimum atomic E-state index is -0.299. The molecule has 2 rings (SSSR count). The molecule has 2 unspecified atom stereocenters. The van der Waals surface area contributed by atoms with Crippen LogP contribution in [0.25, 0.3) is 0 Å². The van der Waals surface area contributed by atoms with E-state index in [1.165, 1.54) is 17.0 Å². The van der Waals surface area contributed by atoms with Gasteiger partial charge in [0.1, 0.15) is 17.7 Å². The Bertz CT molecular complexity index is 587. The van der Waals surface area contributed by atoms with Crippen molar-refractivity contribution in [1.82, 2.24) is 0 Å². The number of ether oxygens (including phenoxy) is 1. The van der Waals surface area contributed by atoms with Gasteiger partial charge >= 0.3 is 0 Å². The highest BCUT2D eigenvalue weighted by atomic mass is 79.9. The predicted molar refractivity (Wildman–Crippen MR) is 84.8 cm³/mol. The Morgan fingerprint density at radius 3 is 2.65 bits per heavy atom. The van der Waals surface area contributed by atoms with Crippen molar-refractivity contribution >= 4 is 27.3 Å². The number of hydrogen-bond acceptors (Lipinski definition) is 3. The van der Waals surface area contributed by atoms with Gasteiger partial charge in [0.15, 0.2) is 0 Å². The first kappa shape index (κ1) is 15.5. The van der Waals surface area contributed by atoms with Gasteiger partial charge in [-0.3, -0.25) is 0 Å². The number of rotatable bonds is 5. The SMILES string of the molecule is CCC(N)C(Oc1ccc(F)cc1Br)c1ccc(C)s1. The zero-order chi connectivity index (χ0) is 14.7. The lowest BCUT2D eigenvalue weighted by Gasteiger charge is -2.24. The third kappa shape index (κ3) is 3.59. The van der Waals surface area contributed by atoms with E-state index in [2.05, 4.69) is 28.9 Å². The van der Waals surface area contributed by atoms with E-state index in [1.54, 1.807) is 17.4 Å². The Kier molecular flexibility index (Phi) is 5.18. The molecule has 1 heterocycles. The minimum absolute atomic E-state index is 0.106. The van der Waals surface area contributed by atoms with Gasteiger partial charge in [-0.15, -0.1) is 11.3 Å². The molecule has 2 atom stereocenters. The maximum absolute atomic E-state index is 13.1. The number of aryl methyl sites for hydroxylation is 1. The van der Waals surface area contributed by atoms with Gasteiger partial charge in [0.25, 0.3) is 0 Å². The van der Waals surface area contributed by atoms with Crippen LogP contribution in [0.3, 0.4) is 0 Å². The molecule has 0 spiro atoms. The summed E-state index contributed by atoms with van der Waals surface area (Å²) < 4.78 is 19.7. The van der Waals surface area contributed by atoms with Crippen LogP contribution in [-0.2, 0) is 0 Å². The topological polar surface area (TPSA) is 35.2 Å². The highest BCUT2D eigenvalue weighted by Gasteiger charge is 2.23.